The average molecular weight is 533 g/mol. The van der Waals surface area contributed by atoms with E-state index >= 15 is 0 Å². The molecule has 1 fully saturated rings. The standard InChI is InChI=1S/C23H26N5O4S3/c1-13-20(34-15(3)25-13)12-27-19-6-5-17(35(31,32)26-23(4)7-8-23)9-18(19)21(29)28(22(27)30)11-16-10-24-14(2)33-16/h5-6,9-10,18,26H,7-8,11-12H2,1-4H3/q+1. The fourth-order valence-electron chi connectivity index (χ4n) is 4.20. The van der Waals surface area contributed by atoms with Gasteiger partial charge in [-0.05, 0) is 58.8 Å². The monoisotopic (exact) mass is 532 g/mol. The number of thiazole rings is 2. The van der Waals surface area contributed by atoms with E-state index in [0.29, 0.717) is 5.71 Å². The van der Waals surface area contributed by atoms with Gasteiger partial charge in [-0.1, -0.05) is 0 Å². The van der Waals surface area contributed by atoms with E-state index in [4.69, 9.17) is 0 Å². The van der Waals surface area contributed by atoms with E-state index in [9.17, 15) is 18.0 Å². The maximum Gasteiger partial charge on any atom is 0.501 e. The lowest BCUT2D eigenvalue weighted by molar-refractivity contribution is -0.456. The first-order valence-corrected chi connectivity index (χ1v) is 14.4. The molecule has 1 saturated carbocycles. The third-order valence-corrected chi connectivity index (χ3v) is 9.96. The Balaban J connectivity index is 1.56. The van der Waals surface area contributed by atoms with E-state index in [1.165, 1.54) is 39.7 Å². The van der Waals surface area contributed by atoms with Gasteiger partial charge in [-0.25, -0.2) is 27.9 Å². The summed E-state index contributed by atoms with van der Waals surface area (Å²) in [6.07, 6.45) is 7.73. The Bertz CT molecular complexity index is 1440. The molecule has 9 nitrogen and oxygen atoms in total. The fourth-order valence-corrected chi connectivity index (χ4v) is 7.45. The van der Waals surface area contributed by atoms with E-state index < -0.39 is 33.4 Å². The number of carbonyl (C=O) groups is 2. The average Bonchev–Trinajstić information content (AvgIpc) is 3.20. The molecule has 12 heteroatoms. The van der Waals surface area contributed by atoms with Gasteiger partial charge in [-0.15, -0.1) is 22.7 Å². The summed E-state index contributed by atoms with van der Waals surface area (Å²) in [6.45, 7) is 7.86. The number of carbonyl (C=O) groups excluding carboxylic acids is 2. The van der Waals surface area contributed by atoms with Gasteiger partial charge >= 0.3 is 11.9 Å². The van der Waals surface area contributed by atoms with Crippen molar-refractivity contribution in [3.8, 4) is 0 Å². The number of hydrogen-bond donors (Lipinski definition) is 1. The summed E-state index contributed by atoms with van der Waals surface area (Å²) >= 11 is 2.92. The zero-order valence-corrected chi connectivity index (χ0v) is 22.3. The fraction of sp³-hybridized carbons (Fsp3) is 0.435. The van der Waals surface area contributed by atoms with Gasteiger partial charge in [0.1, 0.15) is 24.7 Å². The van der Waals surface area contributed by atoms with Crippen LogP contribution in [0.5, 0.6) is 0 Å². The molecule has 3 aliphatic rings. The van der Waals surface area contributed by atoms with Crippen LogP contribution in [0.4, 0.5) is 4.79 Å². The quantitative estimate of drug-likeness (QED) is 0.548. The molecule has 2 aliphatic carbocycles. The van der Waals surface area contributed by atoms with Crippen LogP contribution in [0.15, 0.2) is 29.3 Å². The summed E-state index contributed by atoms with van der Waals surface area (Å²) in [5.74, 6) is -1.33. The number of sulfonamides is 1. The van der Waals surface area contributed by atoms with Crippen LogP contribution in [0.25, 0.3) is 0 Å². The van der Waals surface area contributed by atoms with Crippen LogP contribution < -0.4 is 4.72 Å². The number of rotatable bonds is 7. The normalized spacial score (nSPS) is 21.4. The zero-order chi connectivity index (χ0) is 25.1. The molecular weight excluding hydrogens is 506 g/mol. The summed E-state index contributed by atoms with van der Waals surface area (Å²) in [5, 5.41) is 1.73. The largest absolute Gasteiger partial charge is 0.501 e. The Morgan fingerprint density at radius 1 is 1.17 bits per heavy atom. The summed E-state index contributed by atoms with van der Waals surface area (Å²) in [5.41, 5.74) is 0.867. The topological polar surface area (TPSA) is 112 Å². The van der Waals surface area contributed by atoms with E-state index in [1.54, 1.807) is 16.8 Å². The molecule has 1 atom stereocenters. The Morgan fingerprint density at radius 2 is 1.91 bits per heavy atom. The van der Waals surface area contributed by atoms with Gasteiger partial charge in [0.15, 0.2) is 0 Å². The molecular formula is C23H26N5O4S3+. The highest BCUT2D eigenvalue weighted by molar-refractivity contribution is 7.93. The molecule has 3 amide bonds. The maximum atomic E-state index is 13.6. The summed E-state index contributed by atoms with van der Waals surface area (Å²) in [6, 6.07) is -0.439. The SMILES string of the molecule is Cc1ncc(CN2C(=O)C3C=C(S(=O)(=O)NC4(C)CC4)C=CC3=[N+](Cc3sc(C)nc3C)C2=O)s1. The second kappa shape index (κ2) is 8.54. The molecule has 35 heavy (non-hydrogen) atoms. The third kappa shape index (κ3) is 4.67. The molecule has 1 unspecified atom stereocenters. The molecule has 0 radical (unpaired) electrons. The number of allylic oxidation sites excluding steroid dienone is 2. The number of aryl methyl sites for hydroxylation is 3. The van der Waals surface area contributed by atoms with Crippen molar-refractivity contribution in [2.75, 3.05) is 0 Å². The number of aromatic nitrogens is 2. The van der Waals surface area contributed by atoms with Gasteiger partial charge in [0.25, 0.3) is 0 Å². The van der Waals surface area contributed by atoms with Crippen molar-refractivity contribution in [2.45, 2.75) is 59.2 Å². The van der Waals surface area contributed by atoms with Gasteiger partial charge < -0.3 is 0 Å². The van der Waals surface area contributed by atoms with Gasteiger partial charge in [0, 0.05) is 11.7 Å². The van der Waals surface area contributed by atoms with Crippen molar-refractivity contribution in [2.24, 2.45) is 5.92 Å². The molecule has 5 rings (SSSR count). The predicted molar refractivity (Wildman–Crippen MR) is 134 cm³/mol. The van der Waals surface area contributed by atoms with Crippen LogP contribution in [0.3, 0.4) is 0 Å². The van der Waals surface area contributed by atoms with E-state index in [2.05, 4.69) is 14.7 Å². The first-order valence-electron chi connectivity index (χ1n) is 11.2. The molecule has 0 bridgehead atoms. The first-order chi connectivity index (χ1) is 16.5. The first kappa shape index (κ1) is 24.2. The van der Waals surface area contributed by atoms with Crippen molar-refractivity contribution < 1.29 is 22.6 Å². The maximum absolute atomic E-state index is 13.6. The molecule has 1 N–H and O–H groups in total. The van der Waals surface area contributed by atoms with Crippen molar-refractivity contribution in [3.63, 3.8) is 0 Å². The third-order valence-electron chi connectivity index (χ3n) is 6.35. The second-order valence-electron chi connectivity index (χ2n) is 9.35. The highest BCUT2D eigenvalue weighted by Gasteiger charge is 2.49. The van der Waals surface area contributed by atoms with Crippen LogP contribution in [-0.2, 0) is 27.9 Å². The lowest BCUT2D eigenvalue weighted by atomic mass is 9.94. The second-order valence-corrected chi connectivity index (χ2v) is 13.6. The lowest BCUT2D eigenvalue weighted by Gasteiger charge is -2.27. The Kier molecular flexibility index (Phi) is 5.90. The van der Waals surface area contributed by atoms with Gasteiger partial charge in [0.05, 0.1) is 30.4 Å². The summed E-state index contributed by atoms with van der Waals surface area (Å²) in [4.78, 5) is 38.8. The predicted octanol–water partition coefficient (Wildman–Crippen LogP) is 3.18. The van der Waals surface area contributed by atoms with Crippen molar-refractivity contribution in [3.05, 3.63) is 54.8 Å². The number of fused-ring (bicyclic) bond motifs is 1. The van der Waals surface area contributed by atoms with Crippen LogP contribution in [0.2, 0.25) is 0 Å². The Labute approximate surface area is 212 Å². The van der Waals surface area contributed by atoms with E-state index in [-0.39, 0.29) is 18.0 Å². The van der Waals surface area contributed by atoms with E-state index in [0.717, 1.165) is 38.3 Å². The summed E-state index contributed by atoms with van der Waals surface area (Å²) in [7, 11) is -3.80. The molecule has 2 aromatic rings. The van der Waals surface area contributed by atoms with Gasteiger partial charge in [-0.2, -0.15) is 14.3 Å². The van der Waals surface area contributed by atoms with Crippen LogP contribution in [0, 0.1) is 26.7 Å². The smallest absolute Gasteiger partial charge is 0.250 e. The van der Waals surface area contributed by atoms with Crippen LogP contribution in [0.1, 0.15) is 45.2 Å². The minimum atomic E-state index is -3.80. The van der Waals surface area contributed by atoms with Crippen molar-refractivity contribution in [1.29, 1.82) is 0 Å². The lowest BCUT2D eigenvalue weighted by Crippen LogP contribution is -2.54. The molecule has 0 aromatic carbocycles. The highest BCUT2D eigenvalue weighted by atomic mass is 32.2. The number of nitrogens with zero attached hydrogens (tertiary/aromatic N) is 4. The Morgan fingerprint density at radius 3 is 2.51 bits per heavy atom. The number of nitrogens with one attached hydrogen (secondary N) is 1. The van der Waals surface area contributed by atoms with E-state index in [1.807, 2.05) is 27.7 Å². The van der Waals surface area contributed by atoms with Crippen LogP contribution in [-0.4, -0.2) is 51.1 Å². The minimum absolute atomic E-state index is 0.0421. The molecule has 2 aromatic heterocycles. The van der Waals surface area contributed by atoms with Gasteiger partial charge in [0.2, 0.25) is 10.0 Å². The number of imide groups is 1. The number of hydrogen-bond acceptors (Lipinski definition) is 8. The summed E-state index contributed by atoms with van der Waals surface area (Å²) < 4.78 is 30.3. The van der Waals surface area contributed by atoms with Gasteiger partial charge in [-0.3, -0.25) is 0 Å². The van der Waals surface area contributed by atoms with Crippen LogP contribution >= 0.6 is 22.7 Å². The van der Waals surface area contributed by atoms with Crippen molar-refractivity contribution >= 4 is 50.3 Å². The molecule has 3 heterocycles. The van der Waals surface area contributed by atoms with Crippen molar-refractivity contribution in [1.82, 2.24) is 19.6 Å². The molecule has 0 spiro atoms. The number of urea groups is 1. The Hall–Kier alpha value is -2.54. The highest BCUT2D eigenvalue weighted by Crippen LogP contribution is 2.37. The number of amides is 3. The molecule has 184 valence electrons. The zero-order valence-electron chi connectivity index (χ0n) is 19.9. The molecule has 0 saturated heterocycles. The molecule has 1 aliphatic heterocycles. The minimum Gasteiger partial charge on any atom is -0.250 e.